The molecule has 0 spiro atoms. The van der Waals surface area contributed by atoms with E-state index in [-0.39, 0.29) is 11.3 Å². The van der Waals surface area contributed by atoms with Gasteiger partial charge in [0, 0.05) is 30.4 Å². The molecule has 1 aliphatic rings. The van der Waals surface area contributed by atoms with E-state index < -0.39 is 16.4 Å². The second-order valence-electron chi connectivity index (χ2n) is 5.82. The lowest BCUT2D eigenvalue weighted by Gasteiger charge is -2.24. The molecule has 1 saturated heterocycles. The average Bonchev–Trinajstić information content (AvgIpc) is 2.86. The van der Waals surface area contributed by atoms with Crippen molar-refractivity contribution in [3.05, 3.63) is 24.5 Å². The van der Waals surface area contributed by atoms with Crippen LogP contribution >= 0.6 is 0 Å². The van der Waals surface area contributed by atoms with Crippen LogP contribution in [-0.2, 0) is 15.5 Å². The topological polar surface area (TPSA) is 59.5 Å². The van der Waals surface area contributed by atoms with Crippen LogP contribution in [0.15, 0.2) is 29.4 Å². The van der Waals surface area contributed by atoms with E-state index in [9.17, 15) is 9.00 Å². The molecule has 1 aliphatic heterocycles. The second kappa shape index (κ2) is 5.91. The smallest absolute Gasteiger partial charge is 0.410 e. The fraction of sp³-hybridized carbons (Fsp3) is 0.571. The number of hydrogen-bond donors (Lipinski definition) is 0. The highest BCUT2D eigenvalue weighted by atomic mass is 32.2. The van der Waals surface area contributed by atoms with Gasteiger partial charge in [-0.3, -0.25) is 9.19 Å². The van der Waals surface area contributed by atoms with Crippen molar-refractivity contribution >= 4 is 16.9 Å². The van der Waals surface area contributed by atoms with Gasteiger partial charge in [-0.1, -0.05) is 0 Å². The number of ether oxygens (including phenoxy) is 1. The molecule has 1 aromatic heterocycles. The highest BCUT2D eigenvalue weighted by Crippen LogP contribution is 2.21. The SMILES string of the molecule is CC(C)(C)OC(=O)N1CC[C@H]([S@@](=O)c2ccncc2)C1. The Morgan fingerprint density at radius 1 is 1.40 bits per heavy atom. The summed E-state index contributed by atoms with van der Waals surface area (Å²) in [6.45, 7) is 6.59. The number of nitrogens with zero attached hydrogens (tertiary/aromatic N) is 2. The third-order valence-corrected chi connectivity index (χ3v) is 4.71. The molecule has 1 amide bonds. The monoisotopic (exact) mass is 296 g/mol. The second-order valence-corrected chi connectivity index (χ2v) is 7.55. The van der Waals surface area contributed by atoms with Crippen molar-refractivity contribution in [2.75, 3.05) is 13.1 Å². The third kappa shape index (κ3) is 3.79. The van der Waals surface area contributed by atoms with Gasteiger partial charge < -0.3 is 9.64 Å². The first-order valence-corrected chi connectivity index (χ1v) is 7.86. The fourth-order valence-electron chi connectivity index (χ4n) is 2.06. The molecular weight excluding hydrogens is 276 g/mol. The van der Waals surface area contributed by atoms with Crippen molar-refractivity contribution < 1.29 is 13.7 Å². The molecule has 1 aromatic rings. The van der Waals surface area contributed by atoms with Crippen molar-refractivity contribution in [2.45, 2.75) is 42.9 Å². The number of carbonyl (C=O) groups excluding carboxylic acids is 1. The standard InChI is InChI=1S/C14H20N2O3S/c1-14(2,3)19-13(17)16-9-6-12(10-16)20(18)11-4-7-15-8-5-11/h4-5,7-8,12H,6,9-10H2,1-3H3/t12-,20-/m0/s1. The number of hydrogen-bond acceptors (Lipinski definition) is 4. The summed E-state index contributed by atoms with van der Waals surface area (Å²) in [6, 6.07) is 3.51. The van der Waals surface area contributed by atoms with E-state index in [0.29, 0.717) is 13.1 Å². The molecule has 6 heteroatoms. The van der Waals surface area contributed by atoms with Gasteiger partial charge in [-0.15, -0.1) is 0 Å². The summed E-state index contributed by atoms with van der Waals surface area (Å²) >= 11 is 0. The molecule has 20 heavy (non-hydrogen) atoms. The molecule has 0 N–H and O–H groups in total. The van der Waals surface area contributed by atoms with Crippen molar-refractivity contribution in [1.82, 2.24) is 9.88 Å². The fourth-order valence-corrected chi connectivity index (χ4v) is 3.47. The van der Waals surface area contributed by atoms with Crippen LogP contribution in [-0.4, -0.2) is 44.1 Å². The van der Waals surface area contributed by atoms with Gasteiger partial charge in [-0.2, -0.15) is 0 Å². The van der Waals surface area contributed by atoms with Crippen molar-refractivity contribution in [2.24, 2.45) is 0 Å². The Morgan fingerprint density at radius 3 is 2.65 bits per heavy atom. The van der Waals surface area contributed by atoms with Crippen molar-refractivity contribution in [3.8, 4) is 0 Å². The summed E-state index contributed by atoms with van der Waals surface area (Å²) in [6.07, 6.45) is 3.67. The van der Waals surface area contributed by atoms with E-state index in [0.717, 1.165) is 11.3 Å². The van der Waals surface area contributed by atoms with E-state index in [4.69, 9.17) is 4.74 Å². The number of aromatic nitrogens is 1. The molecule has 0 saturated carbocycles. The Bertz CT molecular complexity index is 499. The molecule has 0 radical (unpaired) electrons. The minimum atomic E-state index is -1.11. The Kier molecular flexibility index (Phi) is 4.42. The first kappa shape index (κ1) is 15.0. The maximum atomic E-state index is 12.4. The van der Waals surface area contributed by atoms with E-state index in [2.05, 4.69) is 4.98 Å². The molecule has 0 aromatic carbocycles. The first-order chi connectivity index (χ1) is 9.37. The van der Waals surface area contributed by atoms with Crippen LogP contribution in [0.5, 0.6) is 0 Å². The molecule has 1 fully saturated rings. The van der Waals surface area contributed by atoms with Gasteiger partial charge in [-0.05, 0) is 39.3 Å². The van der Waals surface area contributed by atoms with Crippen LogP contribution in [0.2, 0.25) is 0 Å². The predicted molar refractivity (Wildman–Crippen MR) is 76.9 cm³/mol. The molecule has 0 unspecified atom stereocenters. The maximum absolute atomic E-state index is 12.4. The largest absolute Gasteiger partial charge is 0.444 e. The summed E-state index contributed by atoms with van der Waals surface area (Å²) in [7, 11) is -1.11. The Hall–Kier alpha value is -1.43. The lowest BCUT2D eigenvalue weighted by Crippen LogP contribution is -2.36. The van der Waals surface area contributed by atoms with Gasteiger partial charge in [0.25, 0.3) is 0 Å². The summed E-state index contributed by atoms with van der Waals surface area (Å²) in [4.78, 5) is 18.3. The third-order valence-electron chi connectivity index (χ3n) is 2.98. The minimum absolute atomic E-state index is 0.0371. The number of likely N-dealkylation sites (tertiary alicyclic amines) is 1. The van der Waals surface area contributed by atoms with Gasteiger partial charge in [0.2, 0.25) is 0 Å². The van der Waals surface area contributed by atoms with Gasteiger partial charge in [-0.25, -0.2) is 4.79 Å². The molecule has 0 bridgehead atoms. The van der Waals surface area contributed by atoms with Crippen LogP contribution in [0, 0.1) is 0 Å². The summed E-state index contributed by atoms with van der Waals surface area (Å²) in [5.74, 6) is 0. The molecule has 110 valence electrons. The van der Waals surface area contributed by atoms with Crippen LogP contribution < -0.4 is 0 Å². The molecule has 2 atom stereocenters. The first-order valence-electron chi connectivity index (χ1n) is 6.65. The zero-order valence-electron chi connectivity index (χ0n) is 12.0. The lowest BCUT2D eigenvalue weighted by atomic mass is 10.2. The minimum Gasteiger partial charge on any atom is -0.444 e. The number of pyridine rings is 1. The number of amides is 1. The number of rotatable bonds is 2. The lowest BCUT2D eigenvalue weighted by molar-refractivity contribution is 0.0295. The number of carbonyl (C=O) groups is 1. The maximum Gasteiger partial charge on any atom is 0.410 e. The van der Waals surface area contributed by atoms with Gasteiger partial charge in [0.05, 0.1) is 16.0 Å². The molecule has 5 nitrogen and oxygen atoms in total. The van der Waals surface area contributed by atoms with Crippen LogP contribution in [0.25, 0.3) is 0 Å². The van der Waals surface area contributed by atoms with Gasteiger partial charge >= 0.3 is 6.09 Å². The molecule has 2 heterocycles. The van der Waals surface area contributed by atoms with Gasteiger partial charge in [0.15, 0.2) is 0 Å². The van der Waals surface area contributed by atoms with Crippen molar-refractivity contribution in [3.63, 3.8) is 0 Å². The van der Waals surface area contributed by atoms with E-state index in [1.165, 1.54) is 0 Å². The van der Waals surface area contributed by atoms with Crippen LogP contribution in [0.1, 0.15) is 27.2 Å². The zero-order valence-corrected chi connectivity index (χ0v) is 12.9. The molecular formula is C14H20N2O3S. The van der Waals surface area contributed by atoms with E-state index >= 15 is 0 Å². The Morgan fingerprint density at radius 2 is 2.05 bits per heavy atom. The zero-order chi connectivity index (χ0) is 14.8. The molecule has 2 rings (SSSR count). The van der Waals surface area contributed by atoms with Crippen LogP contribution in [0.4, 0.5) is 4.79 Å². The quantitative estimate of drug-likeness (QED) is 0.839. The van der Waals surface area contributed by atoms with E-state index in [1.807, 2.05) is 20.8 Å². The summed E-state index contributed by atoms with van der Waals surface area (Å²) in [5, 5.41) is -0.0371. The van der Waals surface area contributed by atoms with Gasteiger partial charge in [0.1, 0.15) is 5.60 Å². The normalized spacial score (nSPS) is 20.8. The van der Waals surface area contributed by atoms with E-state index in [1.54, 1.807) is 29.4 Å². The molecule has 0 aliphatic carbocycles. The highest BCUT2D eigenvalue weighted by molar-refractivity contribution is 7.85. The Balaban J connectivity index is 1.96. The van der Waals surface area contributed by atoms with Crippen LogP contribution in [0.3, 0.4) is 0 Å². The van der Waals surface area contributed by atoms with Crippen molar-refractivity contribution in [1.29, 1.82) is 0 Å². The summed E-state index contributed by atoms with van der Waals surface area (Å²) < 4.78 is 17.7. The Labute approximate surface area is 121 Å². The average molecular weight is 296 g/mol. The predicted octanol–water partition coefficient (Wildman–Crippen LogP) is 2.20. The summed E-state index contributed by atoms with van der Waals surface area (Å²) in [5.41, 5.74) is -0.501. The highest BCUT2D eigenvalue weighted by Gasteiger charge is 2.33.